The predicted octanol–water partition coefficient (Wildman–Crippen LogP) is 3.75. The fourth-order valence-electron chi connectivity index (χ4n) is 3.94. The van der Waals surface area contributed by atoms with E-state index in [0.29, 0.717) is 24.3 Å². The van der Waals surface area contributed by atoms with E-state index in [4.69, 9.17) is 4.74 Å². The average molecular weight is 518 g/mol. The SMILES string of the molecule is CCc1ccccc1N(CC(=O)N(Cc1ccc(OC)cc1)C(CC)C(=O)NC(C)CC)S(C)(=O)=O. The van der Waals surface area contributed by atoms with Gasteiger partial charge < -0.3 is 15.0 Å². The monoisotopic (exact) mass is 517 g/mol. The quantitative estimate of drug-likeness (QED) is 0.437. The third-order valence-electron chi connectivity index (χ3n) is 6.22. The van der Waals surface area contributed by atoms with Gasteiger partial charge in [0, 0.05) is 12.6 Å². The first-order valence-corrected chi connectivity index (χ1v) is 14.2. The standard InChI is InChI=1S/C27H39N3O5S/c1-7-20(4)28-27(32)24(9-3)29(18-21-14-16-23(35-5)17-15-21)26(31)19-30(36(6,33)34)25-13-11-10-12-22(25)8-2/h10-17,20,24H,7-9,18-19H2,1-6H3,(H,28,32). The molecule has 0 spiro atoms. The number of ether oxygens (including phenoxy) is 1. The van der Waals surface area contributed by atoms with Crippen molar-refractivity contribution in [1.82, 2.24) is 10.2 Å². The van der Waals surface area contributed by atoms with E-state index in [9.17, 15) is 18.0 Å². The van der Waals surface area contributed by atoms with Crippen molar-refractivity contribution in [2.45, 2.75) is 65.6 Å². The summed E-state index contributed by atoms with van der Waals surface area (Å²) >= 11 is 0. The lowest BCUT2D eigenvalue weighted by Gasteiger charge is -2.33. The third-order valence-corrected chi connectivity index (χ3v) is 7.35. The summed E-state index contributed by atoms with van der Waals surface area (Å²) in [5, 5.41) is 2.97. The Balaban J connectivity index is 2.47. The smallest absolute Gasteiger partial charge is 0.244 e. The summed E-state index contributed by atoms with van der Waals surface area (Å²) in [6.07, 6.45) is 2.84. The Bertz CT molecular complexity index is 1120. The molecular weight excluding hydrogens is 478 g/mol. The molecule has 0 bridgehead atoms. The number of anilines is 1. The lowest BCUT2D eigenvalue weighted by atomic mass is 10.1. The van der Waals surface area contributed by atoms with Crippen LogP contribution < -0.4 is 14.4 Å². The minimum Gasteiger partial charge on any atom is -0.497 e. The zero-order valence-corrected chi connectivity index (χ0v) is 23.0. The van der Waals surface area contributed by atoms with Gasteiger partial charge in [-0.05, 0) is 55.5 Å². The number of carbonyl (C=O) groups is 2. The first-order valence-electron chi connectivity index (χ1n) is 12.3. The van der Waals surface area contributed by atoms with Gasteiger partial charge in [-0.15, -0.1) is 0 Å². The van der Waals surface area contributed by atoms with E-state index in [-0.39, 0.29) is 18.5 Å². The number of benzene rings is 2. The van der Waals surface area contributed by atoms with Crippen LogP contribution in [0.5, 0.6) is 5.75 Å². The first kappa shape index (κ1) is 29.2. The van der Waals surface area contributed by atoms with E-state index in [1.807, 2.05) is 52.0 Å². The van der Waals surface area contributed by atoms with Gasteiger partial charge in [-0.2, -0.15) is 0 Å². The van der Waals surface area contributed by atoms with Crippen molar-refractivity contribution in [2.24, 2.45) is 0 Å². The van der Waals surface area contributed by atoms with Crippen LogP contribution in [0.15, 0.2) is 48.5 Å². The van der Waals surface area contributed by atoms with Gasteiger partial charge in [0.2, 0.25) is 21.8 Å². The lowest BCUT2D eigenvalue weighted by Crippen LogP contribution is -2.53. The normalized spacial score (nSPS) is 12.9. The van der Waals surface area contributed by atoms with Crippen LogP contribution in [0.3, 0.4) is 0 Å². The van der Waals surface area contributed by atoms with Crippen molar-refractivity contribution in [1.29, 1.82) is 0 Å². The number of sulfonamides is 1. The van der Waals surface area contributed by atoms with E-state index >= 15 is 0 Å². The van der Waals surface area contributed by atoms with Gasteiger partial charge in [-0.1, -0.05) is 51.1 Å². The number of nitrogens with one attached hydrogen (secondary N) is 1. The second kappa shape index (κ2) is 13.3. The number of nitrogens with zero attached hydrogens (tertiary/aromatic N) is 2. The van der Waals surface area contributed by atoms with Gasteiger partial charge >= 0.3 is 0 Å². The summed E-state index contributed by atoms with van der Waals surface area (Å²) in [6, 6.07) is 13.6. The van der Waals surface area contributed by atoms with E-state index in [2.05, 4.69) is 5.32 Å². The fraction of sp³-hybridized carbons (Fsp3) is 0.481. The summed E-state index contributed by atoms with van der Waals surface area (Å²) in [5.74, 6) is -0.0283. The second-order valence-corrected chi connectivity index (χ2v) is 10.8. The lowest BCUT2D eigenvalue weighted by molar-refractivity contribution is -0.140. The van der Waals surface area contributed by atoms with Crippen LogP contribution in [0.4, 0.5) is 5.69 Å². The molecule has 2 amide bonds. The number of amides is 2. The Labute approximate surface area is 215 Å². The molecule has 36 heavy (non-hydrogen) atoms. The van der Waals surface area contributed by atoms with Crippen molar-refractivity contribution < 1.29 is 22.7 Å². The maximum absolute atomic E-state index is 13.8. The van der Waals surface area contributed by atoms with Crippen molar-refractivity contribution in [3.05, 3.63) is 59.7 Å². The summed E-state index contributed by atoms with van der Waals surface area (Å²) in [5.41, 5.74) is 2.09. The number of hydrogen-bond acceptors (Lipinski definition) is 5. The summed E-state index contributed by atoms with van der Waals surface area (Å²) in [6.45, 7) is 7.41. The highest BCUT2D eigenvalue weighted by atomic mass is 32.2. The van der Waals surface area contributed by atoms with Gasteiger partial charge in [-0.3, -0.25) is 13.9 Å². The van der Waals surface area contributed by atoms with Crippen LogP contribution in [0.2, 0.25) is 0 Å². The molecule has 8 nitrogen and oxygen atoms in total. The van der Waals surface area contributed by atoms with Gasteiger partial charge in [-0.25, -0.2) is 8.42 Å². The second-order valence-electron chi connectivity index (χ2n) is 8.86. The molecule has 2 atom stereocenters. The molecular formula is C27H39N3O5S. The molecule has 0 heterocycles. The highest BCUT2D eigenvalue weighted by Gasteiger charge is 2.32. The minimum atomic E-state index is -3.77. The van der Waals surface area contributed by atoms with Crippen molar-refractivity contribution in [3.63, 3.8) is 0 Å². The zero-order valence-electron chi connectivity index (χ0n) is 22.2. The molecule has 2 unspecified atom stereocenters. The third kappa shape index (κ3) is 7.71. The van der Waals surface area contributed by atoms with Gasteiger partial charge in [0.15, 0.2) is 0 Å². The maximum Gasteiger partial charge on any atom is 0.244 e. The van der Waals surface area contributed by atoms with Crippen LogP contribution in [0.1, 0.15) is 51.7 Å². The Hall–Kier alpha value is -3.07. The molecule has 2 aromatic carbocycles. The minimum absolute atomic E-state index is 0.0477. The average Bonchev–Trinajstić information content (AvgIpc) is 2.86. The molecule has 0 saturated heterocycles. The Morgan fingerprint density at radius 1 is 1.00 bits per heavy atom. The van der Waals surface area contributed by atoms with Gasteiger partial charge in [0.05, 0.1) is 19.1 Å². The molecule has 1 N–H and O–H groups in total. The molecule has 0 saturated carbocycles. The maximum atomic E-state index is 13.8. The molecule has 2 aromatic rings. The Morgan fingerprint density at radius 3 is 2.17 bits per heavy atom. The zero-order chi connectivity index (χ0) is 26.9. The van der Waals surface area contributed by atoms with Gasteiger partial charge in [0.1, 0.15) is 18.3 Å². The molecule has 0 radical (unpaired) electrons. The van der Waals surface area contributed by atoms with Gasteiger partial charge in [0.25, 0.3) is 0 Å². The molecule has 0 aromatic heterocycles. The number of rotatable bonds is 13. The number of aryl methyl sites for hydroxylation is 1. The Morgan fingerprint density at radius 2 is 1.64 bits per heavy atom. The topological polar surface area (TPSA) is 96.0 Å². The first-order chi connectivity index (χ1) is 17.0. The van der Waals surface area contributed by atoms with Crippen molar-refractivity contribution in [2.75, 3.05) is 24.2 Å². The molecule has 0 aliphatic heterocycles. The fourth-order valence-corrected chi connectivity index (χ4v) is 4.82. The molecule has 9 heteroatoms. The summed E-state index contributed by atoms with van der Waals surface area (Å²) in [4.78, 5) is 28.4. The number of para-hydroxylation sites is 1. The van der Waals surface area contributed by atoms with Crippen molar-refractivity contribution in [3.8, 4) is 5.75 Å². The van der Waals surface area contributed by atoms with Crippen LogP contribution in [0.25, 0.3) is 0 Å². The summed E-state index contributed by atoms with van der Waals surface area (Å²) < 4.78 is 32.0. The largest absolute Gasteiger partial charge is 0.497 e. The van der Waals surface area contributed by atoms with Crippen molar-refractivity contribution >= 4 is 27.5 Å². The number of hydrogen-bond donors (Lipinski definition) is 1. The molecule has 0 fully saturated rings. The van der Waals surface area contributed by atoms with Crippen LogP contribution >= 0.6 is 0 Å². The Kier molecular flexibility index (Phi) is 10.8. The van der Waals surface area contributed by atoms with Crippen LogP contribution in [-0.2, 0) is 32.6 Å². The van der Waals surface area contributed by atoms with E-state index in [0.717, 1.165) is 28.1 Å². The molecule has 0 aliphatic rings. The van der Waals surface area contributed by atoms with E-state index in [1.54, 1.807) is 31.4 Å². The highest BCUT2D eigenvalue weighted by Crippen LogP contribution is 2.24. The summed E-state index contributed by atoms with van der Waals surface area (Å²) in [7, 11) is -2.19. The van der Waals surface area contributed by atoms with E-state index < -0.39 is 28.5 Å². The van der Waals surface area contributed by atoms with E-state index in [1.165, 1.54) is 4.90 Å². The van der Waals surface area contributed by atoms with Crippen LogP contribution in [-0.4, -0.2) is 57.1 Å². The number of carbonyl (C=O) groups excluding carboxylic acids is 2. The molecule has 0 aliphatic carbocycles. The highest BCUT2D eigenvalue weighted by molar-refractivity contribution is 7.92. The molecule has 2 rings (SSSR count). The molecule has 198 valence electrons. The van der Waals surface area contributed by atoms with Crippen LogP contribution in [0, 0.1) is 0 Å². The number of methoxy groups -OCH3 is 1. The predicted molar refractivity (Wildman–Crippen MR) is 144 cm³/mol.